The van der Waals surface area contributed by atoms with Gasteiger partial charge in [-0.25, -0.2) is 0 Å². The van der Waals surface area contributed by atoms with Crippen molar-refractivity contribution in [1.29, 1.82) is 0 Å². The summed E-state index contributed by atoms with van der Waals surface area (Å²) in [6.45, 7) is 0.594. The number of anilines is 1. The fraction of sp³-hybridized carbons (Fsp3) is 0.400. The van der Waals surface area contributed by atoms with Crippen LogP contribution in [0, 0.1) is 0 Å². The molecule has 0 aliphatic carbocycles. The molecule has 7 nitrogen and oxygen atoms in total. The van der Waals surface area contributed by atoms with Crippen LogP contribution in [0.25, 0.3) is 0 Å². The van der Waals surface area contributed by atoms with Gasteiger partial charge >= 0.3 is 0 Å². The lowest BCUT2D eigenvalue weighted by Gasteiger charge is -2.11. The van der Waals surface area contributed by atoms with Gasteiger partial charge in [0.2, 0.25) is 5.91 Å². The molecule has 0 saturated carbocycles. The summed E-state index contributed by atoms with van der Waals surface area (Å²) in [4.78, 5) is 21.7. The predicted octanol–water partition coefficient (Wildman–Crippen LogP) is -0.734. The fourth-order valence-corrected chi connectivity index (χ4v) is 1.62. The summed E-state index contributed by atoms with van der Waals surface area (Å²) in [6.07, 6.45) is 1.39. The van der Waals surface area contributed by atoms with Gasteiger partial charge < -0.3 is 16.4 Å². The van der Waals surface area contributed by atoms with Crippen LogP contribution in [0.15, 0.2) is 12.1 Å². The predicted molar refractivity (Wildman–Crippen MR) is 60.2 cm³/mol. The van der Waals surface area contributed by atoms with Crippen molar-refractivity contribution in [3.63, 3.8) is 0 Å². The maximum atomic E-state index is 11.0. The number of aromatic nitrogens is 2. The van der Waals surface area contributed by atoms with E-state index in [1.807, 2.05) is 0 Å². The van der Waals surface area contributed by atoms with Crippen LogP contribution in [-0.4, -0.2) is 34.6 Å². The number of amides is 2. The number of carbonyl (C=O) groups excluding carboxylic acids is 2. The lowest BCUT2D eigenvalue weighted by molar-refractivity contribution is -0.119. The highest BCUT2D eigenvalue weighted by atomic mass is 16.2. The Morgan fingerprint density at radius 1 is 1.53 bits per heavy atom. The molecular formula is C10H13N5O2. The number of carbonyl (C=O) groups is 2. The number of hydrogen-bond donors (Lipinski definition) is 3. The van der Waals surface area contributed by atoms with E-state index in [9.17, 15) is 9.59 Å². The summed E-state index contributed by atoms with van der Waals surface area (Å²) in [5.41, 5.74) is 5.17. The Kier molecular flexibility index (Phi) is 3.17. The smallest absolute Gasteiger partial charge is 0.269 e. The average Bonchev–Trinajstić information content (AvgIpc) is 2.73. The number of rotatable bonds is 4. The quantitative estimate of drug-likeness (QED) is 0.637. The van der Waals surface area contributed by atoms with Crippen LogP contribution in [0.5, 0.6) is 0 Å². The summed E-state index contributed by atoms with van der Waals surface area (Å²) >= 11 is 0. The van der Waals surface area contributed by atoms with E-state index < -0.39 is 5.91 Å². The zero-order chi connectivity index (χ0) is 12.3. The monoisotopic (exact) mass is 235 g/mol. The van der Waals surface area contributed by atoms with Crippen LogP contribution >= 0.6 is 0 Å². The molecule has 0 spiro atoms. The van der Waals surface area contributed by atoms with E-state index in [1.165, 1.54) is 6.07 Å². The Morgan fingerprint density at radius 2 is 2.35 bits per heavy atom. The zero-order valence-electron chi connectivity index (χ0n) is 9.14. The molecule has 2 amide bonds. The van der Waals surface area contributed by atoms with E-state index in [2.05, 4.69) is 20.8 Å². The standard InChI is InChI=1S/C10H13N5O2/c11-10(17)7-2-3-8(15-14-7)12-5-6-1-4-9(16)13-6/h2-3,6H,1,4-5H2,(H2,11,17)(H,12,15)(H,13,16). The number of nitrogens with two attached hydrogens (primary N) is 1. The van der Waals surface area contributed by atoms with E-state index in [1.54, 1.807) is 6.07 Å². The van der Waals surface area contributed by atoms with Crippen LogP contribution in [-0.2, 0) is 4.79 Å². The van der Waals surface area contributed by atoms with Crippen molar-refractivity contribution >= 4 is 17.6 Å². The second kappa shape index (κ2) is 4.77. The Morgan fingerprint density at radius 3 is 2.88 bits per heavy atom. The first-order chi connectivity index (χ1) is 8.15. The molecule has 1 unspecified atom stereocenters. The molecule has 17 heavy (non-hydrogen) atoms. The molecule has 4 N–H and O–H groups in total. The summed E-state index contributed by atoms with van der Waals surface area (Å²) < 4.78 is 0. The molecule has 1 atom stereocenters. The van der Waals surface area contributed by atoms with Gasteiger partial charge in [-0.1, -0.05) is 0 Å². The van der Waals surface area contributed by atoms with E-state index in [0.29, 0.717) is 18.8 Å². The van der Waals surface area contributed by atoms with Crippen LogP contribution in [0.3, 0.4) is 0 Å². The minimum atomic E-state index is -0.605. The molecule has 1 aromatic heterocycles. The van der Waals surface area contributed by atoms with Crippen LogP contribution < -0.4 is 16.4 Å². The van der Waals surface area contributed by atoms with Gasteiger partial charge in [0.15, 0.2) is 5.69 Å². The molecule has 7 heteroatoms. The third-order valence-corrected chi connectivity index (χ3v) is 2.53. The fourth-order valence-electron chi connectivity index (χ4n) is 1.62. The average molecular weight is 235 g/mol. The van der Waals surface area contributed by atoms with E-state index in [-0.39, 0.29) is 17.6 Å². The van der Waals surface area contributed by atoms with Gasteiger partial charge in [-0.2, -0.15) is 0 Å². The largest absolute Gasteiger partial charge is 0.367 e. The third-order valence-electron chi connectivity index (χ3n) is 2.53. The minimum absolute atomic E-state index is 0.0759. The van der Waals surface area contributed by atoms with Crippen LogP contribution in [0.2, 0.25) is 0 Å². The van der Waals surface area contributed by atoms with Crippen LogP contribution in [0.4, 0.5) is 5.82 Å². The summed E-state index contributed by atoms with van der Waals surface area (Å²) in [5, 5.41) is 13.3. The van der Waals surface area contributed by atoms with Crippen molar-refractivity contribution < 1.29 is 9.59 Å². The van der Waals surface area contributed by atoms with Gasteiger partial charge in [0.05, 0.1) is 0 Å². The SMILES string of the molecule is NC(=O)c1ccc(NCC2CCC(=O)N2)nn1. The highest BCUT2D eigenvalue weighted by Gasteiger charge is 2.20. The van der Waals surface area contributed by atoms with E-state index in [4.69, 9.17) is 5.73 Å². The molecule has 0 aromatic carbocycles. The lowest BCUT2D eigenvalue weighted by Crippen LogP contribution is -2.32. The van der Waals surface area contributed by atoms with Gasteiger partial charge in [0.25, 0.3) is 5.91 Å². The van der Waals surface area contributed by atoms with E-state index >= 15 is 0 Å². The number of nitrogens with one attached hydrogen (secondary N) is 2. The Labute approximate surface area is 97.8 Å². The van der Waals surface area contributed by atoms with Gasteiger partial charge in [-0.3, -0.25) is 9.59 Å². The minimum Gasteiger partial charge on any atom is -0.367 e. The molecule has 1 saturated heterocycles. The Bertz CT molecular complexity index is 431. The maximum absolute atomic E-state index is 11.0. The molecular weight excluding hydrogens is 222 g/mol. The zero-order valence-corrected chi connectivity index (χ0v) is 9.14. The van der Waals surface area contributed by atoms with Crippen molar-refractivity contribution in [1.82, 2.24) is 15.5 Å². The molecule has 2 rings (SSSR count). The topological polar surface area (TPSA) is 110 Å². The molecule has 0 radical (unpaired) electrons. The van der Waals surface area contributed by atoms with Crippen molar-refractivity contribution in [3.05, 3.63) is 17.8 Å². The van der Waals surface area contributed by atoms with Crippen molar-refractivity contribution in [2.24, 2.45) is 5.73 Å². The number of primary amides is 1. The first kappa shape index (κ1) is 11.3. The lowest BCUT2D eigenvalue weighted by atomic mass is 10.2. The molecule has 1 aromatic rings. The summed E-state index contributed by atoms with van der Waals surface area (Å²) in [5.74, 6) is 0.0233. The number of nitrogens with zero attached hydrogens (tertiary/aromatic N) is 2. The first-order valence-electron chi connectivity index (χ1n) is 5.32. The highest BCUT2D eigenvalue weighted by Crippen LogP contribution is 2.08. The Hall–Kier alpha value is -2.18. The summed E-state index contributed by atoms with van der Waals surface area (Å²) in [6, 6.07) is 3.26. The molecule has 1 fully saturated rings. The van der Waals surface area contributed by atoms with Gasteiger partial charge in [0.1, 0.15) is 5.82 Å². The van der Waals surface area contributed by atoms with Crippen molar-refractivity contribution in [3.8, 4) is 0 Å². The highest BCUT2D eigenvalue weighted by molar-refractivity contribution is 5.90. The second-order valence-electron chi connectivity index (χ2n) is 3.85. The maximum Gasteiger partial charge on any atom is 0.269 e. The molecule has 1 aliphatic heterocycles. The van der Waals surface area contributed by atoms with Gasteiger partial charge in [-0.05, 0) is 18.6 Å². The van der Waals surface area contributed by atoms with Crippen molar-refractivity contribution in [2.45, 2.75) is 18.9 Å². The molecule has 90 valence electrons. The number of hydrogen-bond acceptors (Lipinski definition) is 5. The normalized spacial score (nSPS) is 18.8. The first-order valence-corrected chi connectivity index (χ1v) is 5.32. The van der Waals surface area contributed by atoms with Gasteiger partial charge in [-0.15, -0.1) is 10.2 Å². The van der Waals surface area contributed by atoms with E-state index in [0.717, 1.165) is 6.42 Å². The molecule has 1 aliphatic rings. The second-order valence-corrected chi connectivity index (χ2v) is 3.85. The molecule has 0 bridgehead atoms. The summed E-state index contributed by atoms with van der Waals surface area (Å²) in [7, 11) is 0. The third kappa shape index (κ3) is 2.90. The molecule has 2 heterocycles. The van der Waals surface area contributed by atoms with Crippen molar-refractivity contribution in [2.75, 3.05) is 11.9 Å². The van der Waals surface area contributed by atoms with Gasteiger partial charge in [0, 0.05) is 19.0 Å². The Balaban J connectivity index is 1.87. The van der Waals surface area contributed by atoms with Crippen LogP contribution in [0.1, 0.15) is 23.3 Å².